The first-order valence-electron chi connectivity index (χ1n) is 11.7. The molecule has 0 aromatic heterocycles. The highest BCUT2D eigenvalue weighted by atomic mass is 16.5. The highest BCUT2D eigenvalue weighted by molar-refractivity contribution is 5.84. The minimum atomic E-state index is -0.774. The van der Waals surface area contributed by atoms with Crippen molar-refractivity contribution in [2.24, 2.45) is 17.8 Å². The lowest BCUT2D eigenvalue weighted by atomic mass is 9.87. The fourth-order valence-electron chi connectivity index (χ4n) is 4.50. The summed E-state index contributed by atoms with van der Waals surface area (Å²) in [4.78, 5) is 23.0. The van der Waals surface area contributed by atoms with E-state index in [0.29, 0.717) is 25.9 Å². The molecule has 1 aliphatic rings. The van der Waals surface area contributed by atoms with E-state index in [1.807, 2.05) is 24.3 Å². The molecule has 2 rings (SSSR count). The second-order valence-corrected chi connectivity index (χ2v) is 8.86. The molecule has 6 heteroatoms. The van der Waals surface area contributed by atoms with Crippen molar-refractivity contribution >= 4 is 11.8 Å². The molecule has 0 heterocycles. The number of carboxylic acids is 1. The minimum Gasteiger partial charge on any atom is -0.481 e. The van der Waals surface area contributed by atoms with Gasteiger partial charge in [-0.15, -0.1) is 0 Å². The van der Waals surface area contributed by atoms with Crippen LogP contribution in [0.5, 0.6) is 0 Å². The Kier molecular flexibility index (Phi) is 11.6. The van der Waals surface area contributed by atoms with Gasteiger partial charge in [0.05, 0.1) is 12.7 Å². The number of aliphatic hydroxyl groups is 2. The fourth-order valence-corrected chi connectivity index (χ4v) is 4.50. The first-order valence-corrected chi connectivity index (χ1v) is 11.7. The van der Waals surface area contributed by atoms with Gasteiger partial charge in [-0.05, 0) is 36.8 Å². The number of aliphatic hydroxyl groups excluding tert-OH is 2. The van der Waals surface area contributed by atoms with Gasteiger partial charge < -0.3 is 20.1 Å². The number of aliphatic carboxylic acids is 1. The van der Waals surface area contributed by atoms with Crippen molar-refractivity contribution in [3.8, 4) is 0 Å². The van der Waals surface area contributed by atoms with E-state index in [1.54, 1.807) is 7.11 Å². The Balaban J connectivity index is 1.90. The Bertz CT molecular complexity index is 744. The maximum atomic E-state index is 12.4. The van der Waals surface area contributed by atoms with E-state index >= 15 is 0 Å². The average molecular weight is 447 g/mol. The van der Waals surface area contributed by atoms with E-state index in [2.05, 4.69) is 12.1 Å². The van der Waals surface area contributed by atoms with Crippen LogP contribution in [-0.2, 0) is 27.2 Å². The Morgan fingerprint density at radius 2 is 1.97 bits per heavy atom. The molecule has 178 valence electrons. The van der Waals surface area contributed by atoms with Crippen molar-refractivity contribution in [3.05, 3.63) is 47.5 Å². The molecule has 32 heavy (non-hydrogen) atoms. The molecule has 1 aromatic rings. The highest BCUT2D eigenvalue weighted by Crippen LogP contribution is 2.34. The molecular formula is C26H38O6. The number of carboxylic acid groups (broad SMARTS) is 1. The Hall–Kier alpha value is -2.02. The zero-order valence-corrected chi connectivity index (χ0v) is 19.1. The van der Waals surface area contributed by atoms with Gasteiger partial charge in [0.15, 0.2) is 0 Å². The van der Waals surface area contributed by atoms with Gasteiger partial charge in [0, 0.05) is 44.3 Å². The van der Waals surface area contributed by atoms with Crippen LogP contribution in [0.15, 0.2) is 36.4 Å². The lowest BCUT2D eigenvalue weighted by Crippen LogP contribution is -2.19. The van der Waals surface area contributed by atoms with Crippen LogP contribution in [0, 0.1) is 17.8 Å². The number of ether oxygens (including phenoxy) is 1. The normalized spacial score (nSPS) is 22.0. The van der Waals surface area contributed by atoms with Gasteiger partial charge in [-0.1, -0.05) is 55.7 Å². The topological polar surface area (TPSA) is 104 Å². The number of rotatable bonds is 15. The molecule has 3 N–H and O–H groups in total. The molecule has 6 nitrogen and oxygen atoms in total. The molecule has 1 fully saturated rings. The number of benzene rings is 1. The smallest absolute Gasteiger partial charge is 0.303 e. The summed E-state index contributed by atoms with van der Waals surface area (Å²) in [6, 6.07) is 8.27. The number of ketones is 1. The van der Waals surface area contributed by atoms with Gasteiger partial charge in [0.1, 0.15) is 5.78 Å². The molecule has 0 radical (unpaired) electrons. The number of carbonyl (C=O) groups is 2. The first kappa shape index (κ1) is 26.2. The largest absolute Gasteiger partial charge is 0.481 e. The summed E-state index contributed by atoms with van der Waals surface area (Å²) in [5, 5.41) is 29.0. The first-order chi connectivity index (χ1) is 15.4. The van der Waals surface area contributed by atoms with E-state index in [9.17, 15) is 19.8 Å². The van der Waals surface area contributed by atoms with Gasteiger partial charge in [0.25, 0.3) is 0 Å². The molecule has 0 bridgehead atoms. The molecule has 1 unspecified atom stereocenters. The van der Waals surface area contributed by atoms with E-state index < -0.39 is 12.1 Å². The summed E-state index contributed by atoms with van der Waals surface area (Å²) in [6.07, 6.45) is 9.07. The van der Waals surface area contributed by atoms with Crippen molar-refractivity contribution in [1.82, 2.24) is 0 Å². The van der Waals surface area contributed by atoms with Crippen LogP contribution >= 0.6 is 0 Å². The number of hydrogen-bond donors (Lipinski definition) is 3. The second-order valence-electron chi connectivity index (χ2n) is 8.86. The lowest BCUT2D eigenvalue weighted by molar-refractivity contribution is -0.137. The van der Waals surface area contributed by atoms with Crippen molar-refractivity contribution in [2.45, 2.75) is 63.9 Å². The summed E-state index contributed by atoms with van der Waals surface area (Å²) in [6.45, 7) is 0.672. The van der Waals surface area contributed by atoms with Gasteiger partial charge in [0.2, 0.25) is 0 Å². The fraction of sp³-hybridized carbons (Fsp3) is 0.615. The SMILES string of the molecule is COCCc1cccc(CC(/C=C/[C@H]2[C@H](O)CC(=O)[C@@H]2CCCCCCC(=O)O)CO)c1. The van der Waals surface area contributed by atoms with Crippen molar-refractivity contribution in [1.29, 1.82) is 0 Å². The van der Waals surface area contributed by atoms with Crippen molar-refractivity contribution < 1.29 is 29.6 Å². The maximum absolute atomic E-state index is 12.4. The van der Waals surface area contributed by atoms with E-state index in [4.69, 9.17) is 9.84 Å². The summed E-state index contributed by atoms with van der Waals surface area (Å²) >= 11 is 0. The van der Waals surface area contributed by atoms with Crippen LogP contribution in [0.3, 0.4) is 0 Å². The van der Waals surface area contributed by atoms with Gasteiger partial charge >= 0.3 is 5.97 Å². The van der Waals surface area contributed by atoms with E-state index in [1.165, 1.54) is 5.56 Å². The predicted molar refractivity (Wildman–Crippen MR) is 123 cm³/mol. The van der Waals surface area contributed by atoms with Crippen LogP contribution < -0.4 is 0 Å². The third-order valence-corrected chi connectivity index (χ3v) is 6.31. The third kappa shape index (κ3) is 8.85. The van der Waals surface area contributed by atoms with Gasteiger partial charge in [-0.3, -0.25) is 9.59 Å². The molecule has 0 spiro atoms. The Labute approximate surface area is 191 Å². The number of hydrogen-bond acceptors (Lipinski definition) is 5. The molecule has 0 saturated heterocycles. The predicted octanol–water partition coefficient (Wildman–Crippen LogP) is 3.57. The standard InChI is InChI=1S/C26H38O6/c1-32-14-13-19-7-6-8-20(15-19)16-21(18-27)11-12-23-22(24(28)17-25(23)29)9-4-2-3-5-10-26(30)31/h6-8,11-12,15,21-23,25,27,29H,2-5,9-10,13-14,16-18H2,1H3,(H,30,31)/b12-11+/t21?,22-,23-,25-/m1/s1. The number of unbranched alkanes of at least 4 members (excludes halogenated alkanes) is 3. The highest BCUT2D eigenvalue weighted by Gasteiger charge is 2.39. The quantitative estimate of drug-likeness (QED) is 0.281. The molecule has 4 atom stereocenters. The molecule has 1 aliphatic carbocycles. The number of methoxy groups -OCH3 is 1. The van der Waals surface area contributed by atoms with Crippen LogP contribution in [0.2, 0.25) is 0 Å². The number of Topliss-reactive ketones (excluding diaryl/α,β-unsaturated/α-hetero) is 1. The van der Waals surface area contributed by atoms with Crippen LogP contribution in [-0.4, -0.2) is 53.5 Å². The zero-order chi connectivity index (χ0) is 23.3. The summed E-state index contributed by atoms with van der Waals surface area (Å²) in [5.74, 6) is -1.16. The van der Waals surface area contributed by atoms with Crippen LogP contribution in [0.25, 0.3) is 0 Å². The monoisotopic (exact) mass is 446 g/mol. The summed E-state index contributed by atoms with van der Waals surface area (Å²) < 4.78 is 5.14. The molecule has 0 aliphatic heterocycles. The summed E-state index contributed by atoms with van der Waals surface area (Å²) in [7, 11) is 1.69. The zero-order valence-electron chi connectivity index (χ0n) is 19.1. The maximum Gasteiger partial charge on any atom is 0.303 e. The second kappa shape index (κ2) is 14.2. The lowest BCUT2D eigenvalue weighted by Gasteiger charge is -2.19. The molecule has 1 saturated carbocycles. The van der Waals surface area contributed by atoms with Crippen molar-refractivity contribution in [2.75, 3.05) is 20.3 Å². The molecule has 0 amide bonds. The van der Waals surface area contributed by atoms with Gasteiger partial charge in [-0.2, -0.15) is 0 Å². The Morgan fingerprint density at radius 1 is 1.22 bits per heavy atom. The van der Waals surface area contributed by atoms with Gasteiger partial charge in [-0.25, -0.2) is 0 Å². The molecular weight excluding hydrogens is 408 g/mol. The minimum absolute atomic E-state index is 0.00377. The van der Waals surface area contributed by atoms with Crippen LogP contribution in [0.1, 0.15) is 56.1 Å². The van der Waals surface area contributed by atoms with E-state index in [0.717, 1.165) is 31.2 Å². The Morgan fingerprint density at radius 3 is 2.69 bits per heavy atom. The summed E-state index contributed by atoms with van der Waals surface area (Å²) in [5.41, 5.74) is 2.34. The number of carbonyl (C=O) groups excluding carboxylic acids is 1. The molecule has 1 aromatic carbocycles. The third-order valence-electron chi connectivity index (χ3n) is 6.31. The van der Waals surface area contributed by atoms with E-state index in [-0.39, 0.29) is 43.0 Å². The van der Waals surface area contributed by atoms with Crippen molar-refractivity contribution in [3.63, 3.8) is 0 Å². The van der Waals surface area contributed by atoms with Crippen LogP contribution in [0.4, 0.5) is 0 Å². The average Bonchev–Trinajstić information content (AvgIpc) is 3.04.